The molecule has 23 heavy (non-hydrogen) atoms. The highest BCUT2D eigenvalue weighted by molar-refractivity contribution is 5.87. The molecule has 3 aromatic rings. The summed E-state index contributed by atoms with van der Waals surface area (Å²) < 4.78 is 0. The maximum Gasteiger partial charge on any atom is 0.143 e. The lowest BCUT2D eigenvalue weighted by atomic mass is 10.2. The Kier molecular flexibility index (Phi) is 3.25. The fourth-order valence-electron chi connectivity index (χ4n) is 3.04. The van der Waals surface area contributed by atoms with Crippen molar-refractivity contribution < 1.29 is 0 Å². The van der Waals surface area contributed by atoms with Crippen molar-refractivity contribution >= 4 is 28.4 Å². The van der Waals surface area contributed by atoms with Crippen molar-refractivity contribution in [2.75, 3.05) is 41.7 Å². The highest BCUT2D eigenvalue weighted by Gasteiger charge is 2.21. The van der Waals surface area contributed by atoms with Gasteiger partial charge in [-0.25, -0.2) is 15.0 Å². The maximum absolute atomic E-state index is 5.66. The molecule has 1 saturated heterocycles. The zero-order valence-electron chi connectivity index (χ0n) is 13.0. The normalized spacial score (nSPS) is 15.3. The van der Waals surface area contributed by atoms with Crippen molar-refractivity contribution in [3.8, 4) is 0 Å². The molecule has 0 radical (unpaired) electrons. The van der Waals surface area contributed by atoms with E-state index in [1.54, 1.807) is 0 Å². The predicted molar refractivity (Wildman–Crippen MR) is 91.7 cm³/mol. The van der Waals surface area contributed by atoms with E-state index in [4.69, 9.17) is 5.73 Å². The van der Waals surface area contributed by atoms with Crippen LogP contribution >= 0.6 is 0 Å². The first-order valence-electron chi connectivity index (χ1n) is 7.74. The van der Waals surface area contributed by atoms with Crippen molar-refractivity contribution in [2.24, 2.45) is 0 Å². The Balaban J connectivity index is 1.55. The topological polar surface area (TPSA) is 87.0 Å². The number of H-pyrrole nitrogens is 1. The molecule has 4 heterocycles. The minimum absolute atomic E-state index is 0.554. The fraction of sp³-hybridized carbons (Fsp3) is 0.312. The second-order valence-electron chi connectivity index (χ2n) is 5.75. The summed E-state index contributed by atoms with van der Waals surface area (Å²) in [4.78, 5) is 21.1. The quantitative estimate of drug-likeness (QED) is 0.747. The van der Waals surface area contributed by atoms with Gasteiger partial charge in [-0.2, -0.15) is 0 Å². The first-order chi connectivity index (χ1) is 11.2. The van der Waals surface area contributed by atoms with Gasteiger partial charge >= 0.3 is 0 Å². The van der Waals surface area contributed by atoms with Crippen LogP contribution < -0.4 is 15.5 Å². The first-order valence-corrected chi connectivity index (χ1v) is 7.74. The lowest BCUT2D eigenvalue weighted by Gasteiger charge is -2.36. The molecule has 0 spiro atoms. The molecule has 118 valence electrons. The summed E-state index contributed by atoms with van der Waals surface area (Å²) >= 11 is 0. The van der Waals surface area contributed by atoms with Crippen LogP contribution in [0.3, 0.4) is 0 Å². The Morgan fingerprint density at radius 3 is 2.57 bits per heavy atom. The molecule has 3 aromatic heterocycles. The van der Waals surface area contributed by atoms with Gasteiger partial charge in [0, 0.05) is 32.4 Å². The van der Waals surface area contributed by atoms with Gasteiger partial charge in [0.05, 0.1) is 17.3 Å². The molecular weight excluding hydrogens is 290 g/mol. The molecule has 0 unspecified atom stereocenters. The summed E-state index contributed by atoms with van der Waals surface area (Å²) in [6.07, 6.45) is 3.75. The number of rotatable bonds is 2. The number of aromatic nitrogens is 4. The van der Waals surface area contributed by atoms with Crippen LogP contribution in [0.4, 0.5) is 17.3 Å². The van der Waals surface area contributed by atoms with Gasteiger partial charge < -0.3 is 20.5 Å². The Hall–Kier alpha value is -2.83. The predicted octanol–water partition coefficient (Wildman–Crippen LogP) is 1.57. The first kappa shape index (κ1) is 13.8. The van der Waals surface area contributed by atoms with E-state index in [1.807, 2.05) is 37.5 Å². The van der Waals surface area contributed by atoms with Crippen LogP contribution in [0.15, 0.2) is 30.6 Å². The zero-order chi connectivity index (χ0) is 15.8. The van der Waals surface area contributed by atoms with Crippen LogP contribution in [0.25, 0.3) is 11.0 Å². The average molecular weight is 309 g/mol. The van der Waals surface area contributed by atoms with Gasteiger partial charge in [-0.05, 0) is 25.1 Å². The third-order valence-electron chi connectivity index (χ3n) is 4.22. The summed E-state index contributed by atoms with van der Waals surface area (Å²) in [5.74, 6) is 2.36. The van der Waals surface area contributed by atoms with Crippen LogP contribution in [0.1, 0.15) is 5.82 Å². The van der Waals surface area contributed by atoms with Gasteiger partial charge in [0.25, 0.3) is 0 Å². The van der Waals surface area contributed by atoms with E-state index in [1.165, 1.54) is 0 Å². The smallest absolute Gasteiger partial charge is 0.143 e. The third kappa shape index (κ3) is 2.54. The SMILES string of the molecule is Cc1nc(N2CCN(c3ccc(N)nc3)CC2)c2cc[nH]c2n1. The van der Waals surface area contributed by atoms with Crippen molar-refractivity contribution in [1.82, 2.24) is 19.9 Å². The number of nitrogen functional groups attached to an aromatic ring is 1. The number of anilines is 3. The third-order valence-corrected chi connectivity index (χ3v) is 4.22. The monoisotopic (exact) mass is 309 g/mol. The highest BCUT2D eigenvalue weighted by Crippen LogP contribution is 2.25. The summed E-state index contributed by atoms with van der Waals surface area (Å²) in [6.45, 7) is 5.63. The minimum atomic E-state index is 0.554. The molecule has 0 amide bonds. The molecule has 3 N–H and O–H groups in total. The lowest BCUT2D eigenvalue weighted by molar-refractivity contribution is 0.647. The van der Waals surface area contributed by atoms with Gasteiger partial charge in [-0.3, -0.25) is 0 Å². The number of aromatic amines is 1. The highest BCUT2D eigenvalue weighted by atomic mass is 15.3. The molecule has 0 atom stereocenters. The van der Waals surface area contributed by atoms with Crippen LogP contribution in [0, 0.1) is 6.92 Å². The van der Waals surface area contributed by atoms with Crippen molar-refractivity contribution in [2.45, 2.75) is 6.92 Å². The van der Waals surface area contributed by atoms with Crippen molar-refractivity contribution in [1.29, 1.82) is 0 Å². The van der Waals surface area contributed by atoms with Crippen LogP contribution in [-0.4, -0.2) is 46.1 Å². The number of nitrogens with two attached hydrogens (primary N) is 1. The number of pyridine rings is 1. The van der Waals surface area contributed by atoms with E-state index in [0.29, 0.717) is 5.82 Å². The van der Waals surface area contributed by atoms with Crippen molar-refractivity contribution in [3.05, 3.63) is 36.4 Å². The standard InChI is InChI=1S/C16H19N7/c1-11-20-15-13(4-5-18-15)16(21-11)23-8-6-22(7-9-23)12-2-3-14(17)19-10-12/h2-5,10H,6-9H2,1H3,(H2,17,19)(H,18,20,21). The second-order valence-corrected chi connectivity index (χ2v) is 5.75. The molecule has 7 nitrogen and oxygen atoms in total. The van der Waals surface area contributed by atoms with Gasteiger partial charge in [0.2, 0.25) is 0 Å². The Morgan fingerprint density at radius 1 is 1.04 bits per heavy atom. The molecule has 1 fully saturated rings. The number of nitrogens with zero attached hydrogens (tertiary/aromatic N) is 5. The van der Waals surface area contributed by atoms with Crippen LogP contribution in [0.5, 0.6) is 0 Å². The molecule has 0 bridgehead atoms. The van der Waals surface area contributed by atoms with E-state index < -0.39 is 0 Å². The van der Waals surface area contributed by atoms with Crippen molar-refractivity contribution in [3.63, 3.8) is 0 Å². The number of hydrogen-bond donors (Lipinski definition) is 2. The molecule has 0 aliphatic carbocycles. The van der Waals surface area contributed by atoms with Gasteiger partial charge in [0.15, 0.2) is 0 Å². The van der Waals surface area contributed by atoms with E-state index in [0.717, 1.165) is 54.5 Å². The molecule has 7 heteroatoms. The summed E-state index contributed by atoms with van der Waals surface area (Å²) in [5, 5.41) is 1.08. The second kappa shape index (κ2) is 5.42. The maximum atomic E-state index is 5.66. The van der Waals surface area contributed by atoms with E-state index in [-0.39, 0.29) is 0 Å². The fourth-order valence-corrected chi connectivity index (χ4v) is 3.04. The zero-order valence-corrected chi connectivity index (χ0v) is 13.0. The molecule has 1 aliphatic rings. The van der Waals surface area contributed by atoms with E-state index in [2.05, 4.69) is 29.7 Å². The summed E-state index contributed by atoms with van der Waals surface area (Å²) in [6, 6.07) is 5.91. The van der Waals surface area contributed by atoms with Crippen LogP contribution in [0.2, 0.25) is 0 Å². The molecular formula is C16H19N7. The van der Waals surface area contributed by atoms with Gasteiger partial charge in [-0.1, -0.05) is 0 Å². The summed E-state index contributed by atoms with van der Waals surface area (Å²) in [5.41, 5.74) is 7.67. The average Bonchev–Trinajstić information content (AvgIpc) is 3.03. The number of nitrogens with one attached hydrogen (secondary N) is 1. The van der Waals surface area contributed by atoms with E-state index >= 15 is 0 Å². The Morgan fingerprint density at radius 2 is 1.83 bits per heavy atom. The number of hydrogen-bond acceptors (Lipinski definition) is 6. The summed E-state index contributed by atoms with van der Waals surface area (Å²) in [7, 11) is 0. The largest absolute Gasteiger partial charge is 0.384 e. The number of aryl methyl sites for hydroxylation is 1. The lowest BCUT2D eigenvalue weighted by Crippen LogP contribution is -2.47. The molecule has 0 aromatic carbocycles. The van der Waals surface area contributed by atoms with E-state index in [9.17, 15) is 0 Å². The number of piperazine rings is 1. The number of fused-ring (bicyclic) bond motifs is 1. The minimum Gasteiger partial charge on any atom is -0.384 e. The van der Waals surface area contributed by atoms with Crippen LogP contribution in [-0.2, 0) is 0 Å². The Bertz CT molecular complexity index is 816. The molecule has 0 saturated carbocycles. The molecule has 1 aliphatic heterocycles. The van der Waals surface area contributed by atoms with Gasteiger partial charge in [-0.15, -0.1) is 0 Å². The Labute approximate surface area is 134 Å². The van der Waals surface area contributed by atoms with Gasteiger partial charge in [0.1, 0.15) is 23.1 Å². The molecule has 4 rings (SSSR count).